The fourth-order valence-corrected chi connectivity index (χ4v) is 4.15. The Balaban J connectivity index is 1.45. The summed E-state index contributed by atoms with van der Waals surface area (Å²) >= 11 is 0. The number of hydrogen-bond donors (Lipinski definition) is 2. The van der Waals surface area contributed by atoms with Crippen LogP contribution in [0.3, 0.4) is 0 Å². The summed E-state index contributed by atoms with van der Waals surface area (Å²) < 4.78 is 32.8. The summed E-state index contributed by atoms with van der Waals surface area (Å²) in [7, 11) is -3.52. The van der Waals surface area contributed by atoms with Gasteiger partial charge in [-0.2, -0.15) is 0 Å². The lowest BCUT2D eigenvalue weighted by Crippen LogP contribution is -2.27. The first-order valence-corrected chi connectivity index (χ1v) is 10.3. The molecule has 0 saturated heterocycles. The number of benzene rings is 2. The van der Waals surface area contributed by atoms with Crippen molar-refractivity contribution >= 4 is 26.9 Å². The molecule has 0 aliphatic heterocycles. The van der Waals surface area contributed by atoms with Gasteiger partial charge in [-0.1, -0.05) is 18.2 Å². The Morgan fingerprint density at radius 1 is 1.11 bits per heavy atom. The van der Waals surface area contributed by atoms with Crippen molar-refractivity contribution in [2.45, 2.75) is 36.7 Å². The minimum Gasteiger partial charge on any atom is -0.459 e. The summed E-state index contributed by atoms with van der Waals surface area (Å²) in [5.74, 6) is 0.374. The minimum atomic E-state index is -3.52. The predicted molar refractivity (Wildman–Crippen MR) is 102 cm³/mol. The van der Waals surface area contributed by atoms with E-state index in [1.165, 1.54) is 24.3 Å². The second-order valence-corrected chi connectivity index (χ2v) is 8.52. The number of hydrogen-bond acceptors (Lipinski definition) is 4. The zero-order valence-corrected chi connectivity index (χ0v) is 15.6. The third-order valence-corrected chi connectivity index (χ3v) is 6.08. The van der Waals surface area contributed by atoms with Crippen molar-refractivity contribution in [2.75, 3.05) is 0 Å². The van der Waals surface area contributed by atoms with Crippen molar-refractivity contribution in [1.29, 1.82) is 0 Å². The number of nitrogens with one attached hydrogen (secondary N) is 2. The van der Waals surface area contributed by atoms with Gasteiger partial charge in [-0.3, -0.25) is 4.79 Å². The summed E-state index contributed by atoms with van der Waals surface area (Å²) in [6.45, 7) is 1.84. The molecule has 0 spiro atoms. The van der Waals surface area contributed by atoms with Crippen LogP contribution < -0.4 is 10.0 Å². The van der Waals surface area contributed by atoms with E-state index in [0.29, 0.717) is 11.3 Å². The molecule has 0 radical (unpaired) electrons. The third kappa shape index (κ3) is 3.89. The maximum absolute atomic E-state index is 12.5. The Morgan fingerprint density at radius 2 is 1.81 bits per heavy atom. The molecule has 3 aromatic rings. The third-order valence-electron chi connectivity index (χ3n) is 4.54. The van der Waals surface area contributed by atoms with Crippen molar-refractivity contribution in [3.8, 4) is 0 Å². The second-order valence-electron chi connectivity index (χ2n) is 6.80. The lowest BCUT2D eigenvalue weighted by atomic mass is 10.1. The summed E-state index contributed by atoms with van der Waals surface area (Å²) in [6, 6.07) is 15.2. The van der Waals surface area contributed by atoms with E-state index in [2.05, 4.69) is 10.0 Å². The van der Waals surface area contributed by atoms with Crippen LogP contribution in [0.15, 0.2) is 63.9 Å². The number of fused-ring (bicyclic) bond motifs is 1. The zero-order valence-electron chi connectivity index (χ0n) is 14.8. The van der Waals surface area contributed by atoms with E-state index in [1.54, 1.807) is 0 Å². The molecule has 4 rings (SSSR count). The largest absolute Gasteiger partial charge is 0.459 e. The van der Waals surface area contributed by atoms with Gasteiger partial charge in [-0.05, 0) is 56.2 Å². The molecule has 1 aliphatic rings. The summed E-state index contributed by atoms with van der Waals surface area (Å²) in [5.41, 5.74) is 1.16. The van der Waals surface area contributed by atoms with Crippen molar-refractivity contribution in [1.82, 2.24) is 10.0 Å². The molecule has 2 aromatic carbocycles. The Bertz CT molecular complexity index is 1050. The zero-order chi connectivity index (χ0) is 19.0. The van der Waals surface area contributed by atoms with E-state index in [-0.39, 0.29) is 22.9 Å². The van der Waals surface area contributed by atoms with E-state index in [9.17, 15) is 13.2 Å². The summed E-state index contributed by atoms with van der Waals surface area (Å²) in [6.07, 6.45) is 1.75. The fraction of sp³-hybridized carbons (Fsp3) is 0.250. The van der Waals surface area contributed by atoms with Crippen LogP contribution in [0, 0.1) is 0 Å². The smallest absolute Gasteiger partial charge is 0.251 e. The number of carbonyl (C=O) groups excluding carboxylic acids is 1. The van der Waals surface area contributed by atoms with Gasteiger partial charge in [0.2, 0.25) is 10.0 Å². The first-order chi connectivity index (χ1) is 12.9. The maximum Gasteiger partial charge on any atom is 0.251 e. The van der Waals surface area contributed by atoms with Gasteiger partial charge in [-0.15, -0.1) is 0 Å². The van der Waals surface area contributed by atoms with Gasteiger partial charge in [0, 0.05) is 17.0 Å². The minimum absolute atomic E-state index is 0.0441. The molecule has 6 nitrogen and oxygen atoms in total. The normalized spacial score (nSPS) is 15.6. The van der Waals surface area contributed by atoms with E-state index in [4.69, 9.17) is 4.42 Å². The van der Waals surface area contributed by atoms with Crippen LogP contribution in [0.2, 0.25) is 0 Å². The first-order valence-electron chi connectivity index (χ1n) is 8.84. The lowest BCUT2D eigenvalue weighted by molar-refractivity contribution is 0.0935. The van der Waals surface area contributed by atoms with Gasteiger partial charge in [-0.25, -0.2) is 13.1 Å². The van der Waals surface area contributed by atoms with Gasteiger partial charge < -0.3 is 9.73 Å². The molecule has 140 valence electrons. The highest BCUT2D eigenvalue weighted by atomic mass is 32.2. The van der Waals surface area contributed by atoms with Gasteiger partial charge in [0.05, 0.1) is 10.9 Å². The quantitative estimate of drug-likeness (QED) is 0.682. The molecule has 1 heterocycles. The highest BCUT2D eigenvalue weighted by Gasteiger charge is 2.28. The Hall–Kier alpha value is -2.64. The van der Waals surface area contributed by atoms with Crippen LogP contribution in [0.5, 0.6) is 0 Å². The first kappa shape index (κ1) is 17.8. The van der Waals surface area contributed by atoms with Crippen molar-refractivity contribution in [2.24, 2.45) is 0 Å². The molecule has 0 unspecified atom stereocenters. The van der Waals surface area contributed by atoms with Gasteiger partial charge in [0.15, 0.2) is 0 Å². The monoisotopic (exact) mass is 384 g/mol. The van der Waals surface area contributed by atoms with Crippen molar-refractivity contribution < 1.29 is 17.6 Å². The Morgan fingerprint density at radius 3 is 2.48 bits per heavy atom. The SMILES string of the molecule is C[C@H](NC(=O)c1ccc(S(=O)(=O)NC2CC2)cc1)c1cc2ccccc2o1. The van der Waals surface area contributed by atoms with Crippen LogP contribution >= 0.6 is 0 Å². The van der Waals surface area contributed by atoms with Gasteiger partial charge >= 0.3 is 0 Å². The number of furan rings is 1. The number of rotatable bonds is 6. The van der Waals surface area contributed by atoms with Crippen molar-refractivity contribution in [3.63, 3.8) is 0 Å². The molecule has 2 N–H and O–H groups in total. The average molecular weight is 384 g/mol. The van der Waals surface area contributed by atoms with Crippen LogP contribution in [0.1, 0.15) is 41.9 Å². The molecule has 0 bridgehead atoms. The van der Waals surface area contributed by atoms with Crippen LogP contribution in [-0.2, 0) is 10.0 Å². The van der Waals surface area contributed by atoms with Gasteiger partial charge in [0.1, 0.15) is 11.3 Å². The molecule has 1 atom stereocenters. The fourth-order valence-electron chi connectivity index (χ4n) is 2.84. The number of carbonyl (C=O) groups is 1. The highest BCUT2D eigenvalue weighted by molar-refractivity contribution is 7.89. The summed E-state index contributed by atoms with van der Waals surface area (Å²) in [4.78, 5) is 12.6. The molecule has 1 saturated carbocycles. The molecule has 1 fully saturated rings. The average Bonchev–Trinajstić information content (AvgIpc) is 3.34. The Labute approximate surface area is 157 Å². The topological polar surface area (TPSA) is 88.4 Å². The summed E-state index contributed by atoms with van der Waals surface area (Å²) in [5, 5.41) is 3.85. The van der Waals surface area contributed by atoms with E-state index in [1.807, 2.05) is 37.3 Å². The lowest BCUT2D eigenvalue weighted by Gasteiger charge is -2.12. The molecular formula is C20H20N2O4S. The highest BCUT2D eigenvalue weighted by Crippen LogP contribution is 2.24. The molecule has 7 heteroatoms. The van der Waals surface area contributed by atoms with Crippen LogP contribution in [-0.4, -0.2) is 20.4 Å². The number of sulfonamides is 1. The van der Waals surface area contributed by atoms with E-state index in [0.717, 1.165) is 23.8 Å². The predicted octanol–water partition coefficient (Wildman–Crippen LogP) is 3.36. The van der Waals surface area contributed by atoms with Crippen LogP contribution in [0.4, 0.5) is 0 Å². The number of para-hydroxylation sites is 1. The molecule has 1 aliphatic carbocycles. The van der Waals surface area contributed by atoms with E-state index >= 15 is 0 Å². The number of amides is 1. The molecule has 1 aromatic heterocycles. The van der Waals surface area contributed by atoms with Crippen molar-refractivity contribution in [3.05, 3.63) is 65.9 Å². The van der Waals surface area contributed by atoms with Crippen LogP contribution in [0.25, 0.3) is 11.0 Å². The van der Waals surface area contributed by atoms with Gasteiger partial charge in [0.25, 0.3) is 5.91 Å². The Kier molecular flexibility index (Phi) is 4.49. The standard InChI is InChI=1S/C20H20N2O4S/c1-13(19-12-15-4-2-3-5-18(15)26-19)21-20(23)14-6-10-17(11-7-14)27(24,25)22-16-8-9-16/h2-7,10-13,16,22H,8-9H2,1H3,(H,21,23)/t13-/m0/s1. The molecular weight excluding hydrogens is 364 g/mol. The maximum atomic E-state index is 12.5. The molecule has 1 amide bonds. The van der Waals surface area contributed by atoms with E-state index < -0.39 is 10.0 Å². The molecule has 27 heavy (non-hydrogen) atoms. The second kappa shape index (κ2) is 6.83.